The number of benzene rings is 1. The molecule has 14 heavy (non-hydrogen) atoms. The van der Waals surface area contributed by atoms with E-state index in [1.54, 1.807) is 0 Å². The average Bonchev–Trinajstić information content (AvgIpc) is 2.27. The van der Waals surface area contributed by atoms with Gasteiger partial charge in [-0.15, -0.1) is 0 Å². The number of halogens is 1. The summed E-state index contributed by atoms with van der Waals surface area (Å²) in [4.78, 5) is 4.51. The van der Waals surface area contributed by atoms with Crippen LogP contribution in [0.15, 0.2) is 36.4 Å². The van der Waals surface area contributed by atoms with Gasteiger partial charge in [-0.25, -0.2) is 0 Å². The molecule has 0 amide bonds. The van der Waals surface area contributed by atoms with Crippen LogP contribution in [0.25, 0.3) is 0 Å². The van der Waals surface area contributed by atoms with Gasteiger partial charge in [-0.2, -0.15) is 0 Å². The molecule has 1 radical (unpaired) electrons. The van der Waals surface area contributed by atoms with Crippen LogP contribution in [0.4, 0.5) is 0 Å². The van der Waals surface area contributed by atoms with Crippen LogP contribution in [0.5, 0.6) is 0 Å². The fourth-order valence-corrected chi connectivity index (χ4v) is 0.385. The molecular formula is C12H25IY. The van der Waals surface area contributed by atoms with Gasteiger partial charge in [-0.3, -0.25) is 0 Å². The SMILES string of the molecule is CC.CC.C[IH]C.[Y].c1ccccc1. The van der Waals surface area contributed by atoms with Crippen LogP contribution in [0, 0.1) is 0 Å². The largest absolute Gasteiger partial charge is 0.0623 e. The molecule has 0 fully saturated rings. The molecule has 0 saturated heterocycles. The van der Waals surface area contributed by atoms with Crippen molar-refractivity contribution >= 4 is 21.2 Å². The van der Waals surface area contributed by atoms with Crippen LogP contribution in [-0.4, -0.2) is 9.86 Å². The predicted octanol–water partition coefficient (Wildman–Crippen LogP) is 4.69. The first-order valence-corrected chi connectivity index (χ1v) is 9.48. The van der Waals surface area contributed by atoms with E-state index in [-0.39, 0.29) is 32.7 Å². The molecule has 0 saturated carbocycles. The fraction of sp³-hybridized carbons (Fsp3) is 0.500. The van der Waals surface area contributed by atoms with E-state index >= 15 is 0 Å². The predicted molar refractivity (Wildman–Crippen MR) is 76.4 cm³/mol. The minimum Gasteiger partial charge on any atom is -0.0623 e. The van der Waals surface area contributed by atoms with E-state index in [0.29, 0.717) is 21.2 Å². The van der Waals surface area contributed by atoms with Gasteiger partial charge < -0.3 is 0 Å². The first kappa shape index (κ1) is 24.3. The van der Waals surface area contributed by atoms with Crippen molar-refractivity contribution in [2.75, 3.05) is 9.86 Å². The van der Waals surface area contributed by atoms with Crippen molar-refractivity contribution in [2.24, 2.45) is 0 Å². The molecule has 0 spiro atoms. The van der Waals surface area contributed by atoms with E-state index in [9.17, 15) is 0 Å². The molecule has 0 bridgehead atoms. The Kier molecular flexibility index (Phi) is 64.2. The van der Waals surface area contributed by atoms with E-state index in [0.717, 1.165) is 0 Å². The molecule has 0 N–H and O–H groups in total. The Bertz CT molecular complexity index is 93.2. The minimum atomic E-state index is 0. The number of alkyl halides is 2. The molecule has 0 atom stereocenters. The van der Waals surface area contributed by atoms with Gasteiger partial charge in [0.15, 0.2) is 0 Å². The van der Waals surface area contributed by atoms with Crippen molar-refractivity contribution < 1.29 is 32.7 Å². The van der Waals surface area contributed by atoms with Crippen molar-refractivity contribution in [1.82, 2.24) is 0 Å². The summed E-state index contributed by atoms with van der Waals surface area (Å²) in [7, 11) is 0. The van der Waals surface area contributed by atoms with E-state index in [1.807, 2.05) is 64.1 Å². The maximum atomic E-state index is 2.26. The second-order valence-electron chi connectivity index (χ2n) is 1.56. The van der Waals surface area contributed by atoms with Gasteiger partial charge in [0, 0.05) is 32.7 Å². The zero-order chi connectivity index (χ0) is 10.9. The third-order valence-electron chi connectivity index (χ3n) is 0.667. The maximum absolute atomic E-state index is 2.26. The second kappa shape index (κ2) is 36.9. The zero-order valence-electron chi connectivity index (χ0n) is 10.4. The Morgan fingerprint density at radius 3 is 0.714 bits per heavy atom. The molecule has 83 valence electrons. The molecule has 0 heterocycles. The van der Waals surface area contributed by atoms with Crippen LogP contribution in [0.3, 0.4) is 0 Å². The molecule has 0 aliphatic carbocycles. The maximum Gasteiger partial charge on any atom is 0 e. The Morgan fingerprint density at radius 2 is 0.643 bits per heavy atom. The number of hydrogen-bond donors (Lipinski definition) is 0. The van der Waals surface area contributed by atoms with Gasteiger partial charge in [0.1, 0.15) is 0 Å². The number of rotatable bonds is 0. The molecule has 0 aromatic heterocycles. The summed E-state index contributed by atoms with van der Waals surface area (Å²) in [6.07, 6.45) is 0. The molecule has 1 aromatic carbocycles. The summed E-state index contributed by atoms with van der Waals surface area (Å²) in [5.74, 6) is 0. The molecule has 0 aliphatic rings. The topological polar surface area (TPSA) is 0 Å². The standard InChI is InChI=1S/C6H6.C2H7I.2C2H6.Y/c1-2-4-6-5-3-1;1-3-2;2*1-2;/h1-6H;3H,1-2H3;2*1-2H3;. The van der Waals surface area contributed by atoms with Gasteiger partial charge in [0.05, 0.1) is 0 Å². The summed E-state index contributed by atoms with van der Waals surface area (Å²) < 4.78 is 0. The summed E-state index contributed by atoms with van der Waals surface area (Å²) in [5, 5.41) is 0. The van der Waals surface area contributed by atoms with E-state index in [1.165, 1.54) is 0 Å². The zero-order valence-corrected chi connectivity index (χ0v) is 15.6. The van der Waals surface area contributed by atoms with Crippen molar-refractivity contribution in [3.8, 4) is 0 Å². The van der Waals surface area contributed by atoms with Crippen LogP contribution < -0.4 is 0 Å². The fourth-order valence-electron chi connectivity index (χ4n) is 0.385. The van der Waals surface area contributed by atoms with Crippen LogP contribution >= 0.6 is 21.2 Å². The van der Waals surface area contributed by atoms with Gasteiger partial charge in [0.25, 0.3) is 0 Å². The quantitative estimate of drug-likeness (QED) is 0.449. The van der Waals surface area contributed by atoms with Gasteiger partial charge in [0.2, 0.25) is 0 Å². The molecule has 0 nitrogen and oxygen atoms in total. The summed E-state index contributed by atoms with van der Waals surface area (Å²) in [6, 6.07) is 12.0. The Hall–Kier alpha value is 1.05. The van der Waals surface area contributed by atoms with Crippen LogP contribution in [0.1, 0.15) is 27.7 Å². The third-order valence-corrected chi connectivity index (χ3v) is 0.667. The van der Waals surface area contributed by atoms with Crippen molar-refractivity contribution in [1.29, 1.82) is 0 Å². The Morgan fingerprint density at radius 1 is 0.571 bits per heavy atom. The number of hydrogen-bond acceptors (Lipinski definition) is 0. The van der Waals surface area contributed by atoms with Crippen LogP contribution in [-0.2, 0) is 32.7 Å². The summed E-state index contributed by atoms with van der Waals surface area (Å²) in [5.41, 5.74) is 0. The average molecular weight is 385 g/mol. The van der Waals surface area contributed by atoms with Gasteiger partial charge in [-0.1, -0.05) is 64.1 Å². The third kappa shape index (κ3) is 38.1. The minimum absolute atomic E-state index is 0. The molecule has 0 unspecified atom stereocenters. The monoisotopic (exact) mass is 385 g/mol. The Labute approximate surface area is 126 Å². The van der Waals surface area contributed by atoms with Gasteiger partial charge >= 0.3 is 31.1 Å². The van der Waals surface area contributed by atoms with E-state index in [2.05, 4.69) is 9.86 Å². The molecule has 1 rings (SSSR count). The molecule has 1 aromatic rings. The summed E-state index contributed by atoms with van der Waals surface area (Å²) in [6.45, 7) is 8.00. The Balaban J connectivity index is -0.0000000549. The molecular weight excluding hydrogens is 360 g/mol. The van der Waals surface area contributed by atoms with Crippen molar-refractivity contribution in [3.05, 3.63) is 36.4 Å². The van der Waals surface area contributed by atoms with E-state index < -0.39 is 0 Å². The molecule has 0 aliphatic heterocycles. The van der Waals surface area contributed by atoms with Crippen LogP contribution in [0.2, 0.25) is 0 Å². The normalized spacial score (nSPS) is 5.86. The summed E-state index contributed by atoms with van der Waals surface area (Å²) >= 11 is 0.470. The first-order valence-electron chi connectivity index (χ1n) is 4.82. The smallest absolute Gasteiger partial charge is 0 e. The second-order valence-corrected chi connectivity index (χ2v) is 3.89. The first-order chi connectivity index (χ1) is 6.41. The van der Waals surface area contributed by atoms with Crippen molar-refractivity contribution in [3.63, 3.8) is 0 Å². The van der Waals surface area contributed by atoms with Gasteiger partial charge in [-0.05, 0) is 0 Å². The molecule has 2 heteroatoms. The van der Waals surface area contributed by atoms with E-state index in [4.69, 9.17) is 0 Å². The van der Waals surface area contributed by atoms with Crippen molar-refractivity contribution in [2.45, 2.75) is 27.7 Å².